The van der Waals surface area contributed by atoms with Crippen molar-refractivity contribution in [3.05, 3.63) is 23.5 Å². The lowest BCUT2D eigenvalue weighted by Crippen LogP contribution is -2.43. The number of likely N-dealkylation sites (N-methyl/N-ethyl adjacent to an activating group) is 2. The van der Waals surface area contributed by atoms with Crippen molar-refractivity contribution in [3.63, 3.8) is 0 Å². The molecule has 0 aromatic carbocycles. The zero-order chi connectivity index (χ0) is 14.6. The molecule has 1 unspecified atom stereocenters. The molecule has 1 heterocycles. The summed E-state index contributed by atoms with van der Waals surface area (Å²) in [7, 11) is 0.298. The van der Waals surface area contributed by atoms with E-state index in [0.717, 1.165) is 0 Å². The van der Waals surface area contributed by atoms with Gasteiger partial charge in [0.1, 0.15) is 5.15 Å². The molecule has 5 nitrogen and oxygen atoms in total. The summed E-state index contributed by atoms with van der Waals surface area (Å²) in [6.45, 7) is 4.79. The lowest BCUT2D eigenvalue weighted by molar-refractivity contribution is 0.271. The van der Waals surface area contributed by atoms with Gasteiger partial charge in [-0.05, 0) is 33.2 Å². The average Bonchev–Trinajstić information content (AvgIpc) is 2.28. The normalized spacial score (nSPS) is 14.1. The van der Waals surface area contributed by atoms with Crippen LogP contribution >= 0.6 is 11.6 Å². The second-order valence-electron chi connectivity index (χ2n) is 4.63. The van der Waals surface area contributed by atoms with E-state index in [4.69, 9.17) is 11.6 Å². The van der Waals surface area contributed by atoms with Crippen LogP contribution in [0.2, 0.25) is 5.15 Å². The molecule has 0 aliphatic rings. The van der Waals surface area contributed by atoms with Gasteiger partial charge in [0.05, 0.1) is 4.90 Å². The van der Waals surface area contributed by atoms with Gasteiger partial charge in [0.15, 0.2) is 0 Å². The molecule has 0 aliphatic carbocycles. The molecule has 0 aliphatic heterocycles. The highest BCUT2D eigenvalue weighted by atomic mass is 35.5. The van der Waals surface area contributed by atoms with Crippen LogP contribution in [0.5, 0.6) is 0 Å². The number of halogens is 1. The topological polar surface area (TPSA) is 53.5 Å². The van der Waals surface area contributed by atoms with Crippen LogP contribution < -0.4 is 0 Å². The molecular formula is C12H20ClN3O2S. The first kappa shape index (κ1) is 16.4. The molecule has 1 atom stereocenters. The Morgan fingerprint density at radius 2 is 2.05 bits per heavy atom. The Labute approximate surface area is 120 Å². The number of hydrogen-bond acceptors (Lipinski definition) is 4. The summed E-state index contributed by atoms with van der Waals surface area (Å²) in [6.07, 6.45) is 1.40. The smallest absolute Gasteiger partial charge is 0.243 e. The van der Waals surface area contributed by atoms with Gasteiger partial charge >= 0.3 is 0 Å². The summed E-state index contributed by atoms with van der Waals surface area (Å²) in [4.78, 5) is 5.95. The monoisotopic (exact) mass is 305 g/mol. The van der Waals surface area contributed by atoms with Crippen molar-refractivity contribution in [1.82, 2.24) is 14.2 Å². The lowest BCUT2D eigenvalue weighted by Gasteiger charge is -2.29. The maximum atomic E-state index is 12.6. The highest BCUT2D eigenvalue weighted by molar-refractivity contribution is 7.89. The molecule has 0 saturated heterocycles. The molecule has 19 heavy (non-hydrogen) atoms. The molecule has 0 radical (unpaired) electrons. The summed E-state index contributed by atoms with van der Waals surface area (Å²) >= 11 is 5.76. The van der Waals surface area contributed by atoms with E-state index in [2.05, 4.69) is 4.98 Å². The fraction of sp³-hybridized carbons (Fsp3) is 0.583. The van der Waals surface area contributed by atoms with Crippen LogP contribution in [0.3, 0.4) is 0 Å². The number of sulfonamides is 1. The molecule has 108 valence electrons. The Morgan fingerprint density at radius 3 is 2.53 bits per heavy atom. The van der Waals surface area contributed by atoms with E-state index in [0.29, 0.717) is 13.1 Å². The van der Waals surface area contributed by atoms with Crippen molar-refractivity contribution >= 4 is 21.6 Å². The summed E-state index contributed by atoms with van der Waals surface area (Å²) in [5, 5.41) is 0.178. The van der Waals surface area contributed by atoms with E-state index in [1.807, 2.05) is 32.8 Å². The van der Waals surface area contributed by atoms with Crippen LogP contribution in [0, 0.1) is 0 Å². The van der Waals surface area contributed by atoms with Gasteiger partial charge in [-0.3, -0.25) is 0 Å². The van der Waals surface area contributed by atoms with Crippen LogP contribution in [0.1, 0.15) is 13.8 Å². The van der Waals surface area contributed by atoms with Crippen molar-refractivity contribution in [2.45, 2.75) is 24.8 Å². The Hall–Kier alpha value is -0.690. The number of nitrogens with zero attached hydrogens (tertiary/aromatic N) is 3. The van der Waals surface area contributed by atoms with Crippen LogP contribution in [0.25, 0.3) is 0 Å². The molecule has 1 rings (SSSR count). The van der Waals surface area contributed by atoms with Crippen molar-refractivity contribution in [2.75, 3.05) is 27.2 Å². The van der Waals surface area contributed by atoms with E-state index >= 15 is 0 Å². The number of aromatic nitrogens is 1. The van der Waals surface area contributed by atoms with E-state index in [-0.39, 0.29) is 16.1 Å². The van der Waals surface area contributed by atoms with E-state index < -0.39 is 10.0 Å². The van der Waals surface area contributed by atoms with Gasteiger partial charge in [0, 0.05) is 25.3 Å². The average molecular weight is 306 g/mol. The van der Waals surface area contributed by atoms with Gasteiger partial charge in [-0.15, -0.1) is 0 Å². The van der Waals surface area contributed by atoms with Gasteiger partial charge in [-0.25, -0.2) is 13.4 Å². The molecule has 0 spiro atoms. The minimum Gasteiger partial charge on any atom is -0.308 e. The summed E-state index contributed by atoms with van der Waals surface area (Å²) in [5.41, 5.74) is 0. The van der Waals surface area contributed by atoms with Crippen molar-refractivity contribution in [2.24, 2.45) is 0 Å². The van der Waals surface area contributed by atoms with E-state index in [1.54, 1.807) is 0 Å². The summed E-state index contributed by atoms with van der Waals surface area (Å²) in [6, 6.07) is 2.73. The third-order valence-electron chi connectivity index (χ3n) is 2.74. The molecule has 1 aromatic heterocycles. The number of rotatable bonds is 6. The third kappa shape index (κ3) is 4.14. The summed E-state index contributed by atoms with van der Waals surface area (Å²) in [5.74, 6) is 0. The second kappa shape index (κ2) is 6.65. The minimum absolute atomic E-state index is 0.114. The van der Waals surface area contributed by atoms with Crippen LogP contribution in [0.4, 0.5) is 0 Å². The van der Waals surface area contributed by atoms with Crippen molar-refractivity contribution in [3.8, 4) is 0 Å². The maximum Gasteiger partial charge on any atom is 0.243 e. The fourth-order valence-electron chi connectivity index (χ4n) is 2.02. The largest absolute Gasteiger partial charge is 0.308 e. The molecular weight excluding hydrogens is 286 g/mol. The molecule has 7 heteroatoms. The number of pyridine rings is 1. The SMILES string of the molecule is CCN(C(C)CN(C)C)S(=O)(=O)c1ccnc(Cl)c1. The predicted molar refractivity (Wildman–Crippen MR) is 76.8 cm³/mol. The highest BCUT2D eigenvalue weighted by Gasteiger charge is 2.28. The van der Waals surface area contributed by atoms with Gasteiger partial charge in [0.2, 0.25) is 10.0 Å². The molecule has 0 amide bonds. The molecule has 0 bridgehead atoms. The van der Waals surface area contributed by atoms with E-state index in [9.17, 15) is 8.42 Å². The van der Waals surface area contributed by atoms with Crippen molar-refractivity contribution in [1.29, 1.82) is 0 Å². The first-order chi connectivity index (χ1) is 8.78. The van der Waals surface area contributed by atoms with Crippen LogP contribution in [-0.4, -0.2) is 55.8 Å². The zero-order valence-electron chi connectivity index (χ0n) is 11.7. The first-order valence-corrected chi connectivity index (χ1v) is 7.89. The van der Waals surface area contributed by atoms with E-state index in [1.165, 1.54) is 22.6 Å². The van der Waals surface area contributed by atoms with Crippen molar-refractivity contribution < 1.29 is 8.42 Å². The molecule has 1 aromatic rings. The Balaban J connectivity index is 3.09. The van der Waals surface area contributed by atoms with Gasteiger partial charge in [-0.2, -0.15) is 4.31 Å². The maximum absolute atomic E-state index is 12.6. The quantitative estimate of drug-likeness (QED) is 0.751. The molecule has 0 fully saturated rings. The standard InChI is InChI=1S/C12H20ClN3O2S/c1-5-16(10(2)9-15(3)4)19(17,18)11-6-7-14-12(13)8-11/h6-8,10H,5,9H2,1-4H3. The Morgan fingerprint density at radius 1 is 1.42 bits per heavy atom. The second-order valence-corrected chi connectivity index (χ2v) is 6.91. The first-order valence-electron chi connectivity index (χ1n) is 6.07. The van der Waals surface area contributed by atoms with Gasteiger partial charge < -0.3 is 4.90 Å². The zero-order valence-corrected chi connectivity index (χ0v) is 13.2. The number of hydrogen-bond donors (Lipinski definition) is 0. The minimum atomic E-state index is -3.54. The van der Waals surface area contributed by atoms with Crippen LogP contribution in [-0.2, 0) is 10.0 Å². The van der Waals surface area contributed by atoms with Gasteiger partial charge in [0.25, 0.3) is 0 Å². The van der Waals surface area contributed by atoms with Gasteiger partial charge in [-0.1, -0.05) is 18.5 Å². The molecule has 0 saturated carbocycles. The van der Waals surface area contributed by atoms with Crippen LogP contribution in [0.15, 0.2) is 23.2 Å². The lowest BCUT2D eigenvalue weighted by atomic mass is 10.3. The summed E-state index contributed by atoms with van der Waals surface area (Å²) < 4.78 is 26.6. The highest BCUT2D eigenvalue weighted by Crippen LogP contribution is 2.20. The molecule has 0 N–H and O–H groups in total. The third-order valence-corrected chi connectivity index (χ3v) is 5.03. The Bertz CT molecular complexity index is 519. The Kier molecular flexibility index (Phi) is 5.73. The predicted octanol–water partition coefficient (Wildman–Crippen LogP) is 1.70. The fourth-order valence-corrected chi connectivity index (χ4v) is 3.90.